The second-order valence-corrected chi connectivity index (χ2v) is 6.28. The van der Waals surface area contributed by atoms with Gasteiger partial charge in [0.15, 0.2) is 0 Å². The zero-order chi connectivity index (χ0) is 13.5. The van der Waals surface area contributed by atoms with Crippen LogP contribution in [0.25, 0.3) is 0 Å². The second-order valence-electron chi connectivity index (χ2n) is 5.36. The van der Waals surface area contributed by atoms with Crippen LogP contribution in [-0.2, 0) is 4.74 Å². The van der Waals surface area contributed by atoms with E-state index in [0.29, 0.717) is 12.1 Å². The summed E-state index contributed by atoms with van der Waals surface area (Å²) in [7, 11) is 0. The van der Waals surface area contributed by atoms with Gasteiger partial charge in [-0.25, -0.2) is 0 Å². The molecule has 0 radical (unpaired) electrons. The number of rotatable bonds is 6. The van der Waals surface area contributed by atoms with E-state index < -0.39 is 0 Å². The summed E-state index contributed by atoms with van der Waals surface area (Å²) in [6.07, 6.45) is 7.08. The third-order valence-electron chi connectivity index (χ3n) is 3.81. The van der Waals surface area contributed by atoms with Crippen molar-refractivity contribution >= 4 is 15.9 Å². The van der Waals surface area contributed by atoms with Crippen LogP contribution in [0.15, 0.2) is 28.7 Å². The minimum Gasteiger partial charge on any atom is -0.377 e. The molecule has 2 nitrogen and oxygen atoms in total. The molecule has 1 aromatic rings. The van der Waals surface area contributed by atoms with E-state index in [2.05, 4.69) is 52.4 Å². The molecule has 1 unspecified atom stereocenters. The molecule has 0 aromatic heterocycles. The zero-order valence-corrected chi connectivity index (χ0v) is 13.3. The second kappa shape index (κ2) is 8.03. The van der Waals surface area contributed by atoms with Crippen molar-refractivity contribution in [3.63, 3.8) is 0 Å². The van der Waals surface area contributed by atoms with E-state index in [1.54, 1.807) is 0 Å². The van der Waals surface area contributed by atoms with Gasteiger partial charge >= 0.3 is 0 Å². The molecule has 1 aromatic carbocycles. The predicted octanol–water partition coefficient (Wildman–Crippen LogP) is 4.45. The van der Waals surface area contributed by atoms with Crippen molar-refractivity contribution in [2.24, 2.45) is 0 Å². The number of halogens is 1. The minimum atomic E-state index is 0.368. The average molecular weight is 326 g/mol. The lowest BCUT2D eigenvalue weighted by molar-refractivity contribution is 0.0295. The first-order valence-corrected chi connectivity index (χ1v) is 8.15. The summed E-state index contributed by atoms with van der Waals surface area (Å²) in [4.78, 5) is 0. The molecule has 1 atom stereocenters. The van der Waals surface area contributed by atoms with Crippen molar-refractivity contribution in [1.29, 1.82) is 0 Å². The fourth-order valence-corrected chi connectivity index (χ4v) is 3.04. The molecule has 1 saturated carbocycles. The van der Waals surface area contributed by atoms with Gasteiger partial charge in [-0.1, -0.05) is 47.3 Å². The molecule has 1 fully saturated rings. The van der Waals surface area contributed by atoms with Crippen LogP contribution in [-0.4, -0.2) is 19.3 Å². The van der Waals surface area contributed by atoms with E-state index in [9.17, 15) is 0 Å². The Kier molecular flexibility index (Phi) is 6.35. The summed E-state index contributed by atoms with van der Waals surface area (Å²) >= 11 is 3.51. The molecule has 0 spiro atoms. The van der Waals surface area contributed by atoms with E-state index in [4.69, 9.17) is 4.74 Å². The number of hydrogen-bond acceptors (Lipinski definition) is 2. The van der Waals surface area contributed by atoms with Crippen molar-refractivity contribution in [2.45, 2.75) is 51.2 Å². The van der Waals surface area contributed by atoms with Gasteiger partial charge in [-0.15, -0.1) is 0 Å². The fraction of sp³-hybridized carbons (Fsp3) is 0.625. The SMILES string of the molecule is CC(NCCOC1CCCCC1)c1cccc(Br)c1. The summed E-state index contributed by atoms with van der Waals surface area (Å²) < 4.78 is 7.06. The van der Waals surface area contributed by atoms with Crippen LogP contribution in [0.2, 0.25) is 0 Å². The number of benzene rings is 1. The van der Waals surface area contributed by atoms with Crippen LogP contribution in [0.4, 0.5) is 0 Å². The molecule has 0 aliphatic heterocycles. The molecule has 3 heteroatoms. The highest BCUT2D eigenvalue weighted by Crippen LogP contribution is 2.20. The Morgan fingerprint density at radius 2 is 2.11 bits per heavy atom. The number of ether oxygens (including phenoxy) is 1. The first kappa shape index (κ1) is 15.0. The lowest BCUT2D eigenvalue weighted by atomic mass is 9.98. The van der Waals surface area contributed by atoms with E-state index in [1.165, 1.54) is 37.7 Å². The molecule has 1 N–H and O–H groups in total. The maximum atomic E-state index is 5.92. The van der Waals surface area contributed by atoms with Gasteiger partial charge in [0.2, 0.25) is 0 Å². The third kappa shape index (κ3) is 5.25. The molecule has 1 aliphatic rings. The molecule has 0 saturated heterocycles. The highest BCUT2D eigenvalue weighted by molar-refractivity contribution is 9.10. The summed E-state index contributed by atoms with van der Waals surface area (Å²) in [5, 5.41) is 3.52. The molecule has 2 rings (SSSR count). The van der Waals surface area contributed by atoms with Gasteiger partial charge in [-0.3, -0.25) is 0 Å². The lowest BCUT2D eigenvalue weighted by Crippen LogP contribution is -2.26. The monoisotopic (exact) mass is 325 g/mol. The van der Waals surface area contributed by atoms with Crippen molar-refractivity contribution < 1.29 is 4.74 Å². The summed E-state index contributed by atoms with van der Waals surface area (Å²) in [5.74, 6) is 0. The topological polar surface area (TPSA) is 21.3 Å². The molecule has 1 aliphatic carbocycles. The van der Waals surface area contributed by atoms with E-state index in [-0.39, 0.29) is 0 Å². The third-order valence-corrected chi connectivity index (χ3v) is 4.30. The Morgan fingerprint density at radius 3 is 2.84 bits per heavy atom. The van der Waals surface area contributed by atoms with E-state index >= 15 is 0 Å². The number of nitrogens with one attached hydrogen (secondary N) is 1. The predicted molar refractivity (Wildman–Crippen MR) is 83.4 cm³/mol. The normalized spacial score (nSPS) is 18.4. The van der Waals surface area contributed by atoms with Crippen molar-refractivity contribution in [1.82, 2.24) is 5.32 Å². The molecular weight excluding hydrogens is 302 g/mol. The van der Waals surface area contributed by atoms with E-state index in [0.717, 1.165) is 17.6 Å². The molecular formula is C16H24BrNO. The van der Waals surface area contributed by atoms with Gasteiger partial charge in [0.1, 0.15) is 0 Å². The lowest BCUT2D eigenvalue weighted by Gasteiger charge is -2.22. The fourth-order valence-electron chi connectivity index (χ4n) is 2.63. The van der Waals surface area contributed by atoms with Crippen LogP contribution >= 0.6 is 15.9 Å². The largest absolute Gasteiger partial charge is 0.377 e. The zero-order valence-electron chi connectivity index (χ0n) is 11.7. The van der Waals surface area contributed by atoms with Crippen LogP contribution in [0, 0.1) is 0 Å². The highest BCUT2D eigenvalue weighted by Gasteiger charge is 2.13. The maximum Gasteiger partial charge on any atom is 0.0594 e. The number of hydrogen-bond donors (Lipinski definition) is 1. The van der Waals surface area contributed by atoms with Crippen molar-refractivity contribution in [3.8, 4) is 0 Å². The van der Waals surface area contributed by atoms with Gasteiger partial charge in [0, 0.05) is 17.1 Å². The van der Waals surface area contributed by atoms with Crippen molar-refractivity contribution in [3.05, 3.63) is 34.3 Å². The van der Waals surface area contributed by atoms with E-state index in [1.807, 2.05) is 0 Å². The van der Waals surface area contributed by atoms with Gasteiger partial charge in [-0.2, -0.15) is 0 Å². The van der Waals surface area contributed by atoms with Gasteiger partial charge < -0.3 is 10.1 Å². The smallest absolute Gasteiger partial charge is 0.0594 e. The minimum absolute atomic E-state index is 0.368. The highest BCUT2D eigenvalue weighted by atomic mass is 79.9. The van der Waals surface area contributed by atoms with Crippen molar-refractivity contribution in [2.75, 3.05) is 13.2 Å². The van der Waals surface area contributed by atoms with Crippen LogP contribution < -0.4 is 5.32 Å². The van der Waals surface area contributed by atoms with Crippen LogP contribution in [0.5, 0.6) is 0 Å². The van der Waals surface area contributed by atoms with Crippen LogP contribution in [0.3, 0.4) is 0 Å². The maximum absolute atomic E-state index is 5.92. The molecule has 0 heterocycles. The molecule has 0 bridgehead atoms. The summed E-state index contributed by atoms with van der Waals surface area (Å²) in [6, 6.07) is 8.83. The Labute approximate surface area is 125 Å². The van der Waals surface area contributed by atoms with Gasteiger partial charge in [-0.05, 0) is 37.5 Å². The summed E-state index contributed by atoms with van der Waals surface area (Å²) in [6.45, 7) is 3.94. The molecule has 0 amide bonds. The average Bonchev–Trinajstić information content (AvgIpc) is 2.44. The first-order chi connectivity index (χ1) is 9.25. The van der Waals surface area contributed by atoms with Gasteiger partial charge in [0.25, 0.3) is 0 Å². The Morgan fingerprint density at radius 1 is 1.32 bits per heavy atom. The Balaban J connectivity index is 1.64. The molecule has 19 heavy (non-hydrogen) atoms. The Bertz CT molecular complexity index is 377. The van der Waals surface area contributed by atoms with Crippen LogP contribution in [0.1, 0.15) is 50.6 Å². The van der Waals surface area contributed by atoms with Gasteiger partial charge in [0.05, 0.1) is 12.7 Å². The molecule has 106 valence electrons. The first-order valence-electron chi connectivity index (χ1n) is 7.36. The standard InChI is InChI=1S/C16H24BrNO/c1-13(14-6-5-7-15(17)12-14)18-10-11-19-16-8-3-2-4-9-16/h5-7,12-13,16,18H,2-4,8-11H2,1H3. The summed E-state index contributed by atoms with van der Waals surface area (Å²) in [5.41, 5.74) is 1.31. The Hall–Kier alpha value is -0.380. The quantitative estimate of drug-likeness (QED) is 0.780.